The van der Waals surface area contributed by atoms with E-state index in [-0.39, 0.29) is 23.3 Å². The second kappa shape index (κ2) is 6.67. The van der Waals surface area contributed by atoms with Crippen LogP contribution in [0.4, 0.5) is 0 Å². The van der Waals surface area contributed by atoms with Crippen LogP contribution in [0, 0.1) is 5.41 Å². The number of hydrogen-bond acceptors (Lipinski definition) is 2. The lowest BCUT2D eigenvalue weighted by molar-refractivity contribution is -0.125. The zero-order valence-corrected chi connectivity index (χ0v) is 14.2. The lowest BCUT2D eigenvalue weighted by Gasteiger charge is -2.33. The Bertz CT molecular complexity index is 517. The van der Waals surface area contributed by atoms with Gasteiger partial charge in [0.1, 0.15) is 0 Å². The largest absolute Gasteiger partial charge is 0.352 e. The van der Waals surface area contributed by atoms with Crippen LogP contribution in [-0.4, -0.2) is 35.8 Å². The maximum absolute atomic E-state index is 12.3. The van der Waals surface area contributed by atoms with E-state index in [0.29, 0.717) is 6.54 Å². The van der Waals surface area contributed by atoms with Crippen LogP contribution in [0.15, 0.2) is 23.3 Å². The summed E-state index contributed by atoms with van der Waals surface area (Å²) in [4.78, 5) is 25.2. The van der Waals surface area contributed by atoms with E-state index in [1.165, 1.54) is 30.9 Å². The van der Waals surface area contributed by atoms with Crippen LogP contribution >= 0.6 is 0 Å². The van der Waals surface area contributed by atoms with E-state index < -0.39 is 0 Å². The minimum atomic E-state index is -0.0282. The fourth-order valence-electron chi connectivity index (χ4n) is 3.64. The van der Waals surface area contributed by atoms with Crippen molar-refractivity contribution in [2.24, 2.45) is 5.41 Å². The summed E-state index contributed by atoms with van der Waals surface area (Å²) in [5, 5.41) is 2.89. The molecule has 0 unspecified atom stereocenters. The predicted octanol–water partition coefficient (Wildman–Crippen LogP) is 2.81. The lowest BCUT2D eigenvalue weighted by atomic mass is 9.72. The second-order valence-electron chi connectivity index (χ2n) is 7.24. The molecular formula is C18H28N2O2. The van der Waals surface area contributed by atoms with Gasteiger partial charge in [-0.1, -0.05) is 25.5 Å². The van der Waals surface area contributed by atoms with Gasteiger partial charge < -0.3 is 10.2 Å². The average molecular weight is 304 g/mol. The summed E-state index contributed by atoms with van der Waals surface area (Å²) >= 11 is 0. The first-order chi connectivity index (χ1) is 10.3. The summed E-state index contributed by atoms with van der Waals surface area (Å²) in [7, 11) is 0. The number of likely N-dealkylation sites (tertiary alicyclic amines) is 1. The van der Waals surface area contributed by atoms with Crippen molar-refractivity contribution in [1.29, 1.82) is 0 Å². The zero-order chi connectivity index (χ0) is 16.3. The van der Waals surface area contributed by atoms with Crippen molar-refractivity contribution in [1.82, 2.24) is 10.2 Å². The Labute approximate surface area is 133 Å². The molecule has 0 saturated carbocycles. The molecule has 2 rings (SSSR count). The molecule has 1 heterocycles. The second-order valence-corrected chi connectivity index (χ2v) is 7.24. The monoisotopic (exact) mass is 304 g/mol. The minimum Gasteiger partial charge on any atom is -0.352 e. The van der Waals surface area contributed by atoms with Gasteiger partial charge in [0.2, 0.25) is 11.8 Å². The van der Waals surface area contributed by atoms with Gasteiger partial charge in [-0.3, -0.25) is 9.59 Å². The zero-order valence-electron chi connectivity index (χ0n) is 14.2. The van der Waals surface area contributed by atoms with Crippen LogP contribution < -0.4 is 5.32 Å². The summed E-state index contributed by atoms with van der Waals surface area (Å²) in [6, 6.07) is 0.0990. The van der Waals surface area contributed by atoms with Crippen molar-refractivity contribution in [2.75, 3.05) is 13.1 Å². The predicted molar refractivity (Wildman–Crippen MR) is 88.3 cm³/mol. The van der Waals surface area contributed by atoms with Crippen molar-refractivity contribution in [2.45, 2.75) is 59.4 Å². The normalized spacial score (nSPS) is 24.9. The van der Waals surface area contributed by atoms with E-state index >= 15 is 0 Å². The molecule has 122 valence electrons. The van der Waals surface area contributed by atoms with Crippen LogP contribution in [0.25, 0.3) is 0 Å². The third kappa shape index (κ3) is 3.99. The van der Waals surface area contributed by atoms with E-state index in [1.807, 2.05) is 11.0 Å². The summed E-state index contributed by atoms with van der Waals surface area (Å²) < 4.78 is 0. The van der Waals surface area contributed by atoms with E-state index in [1.54, 1.807) is 6.08 Å². The molecule has 0 radical (unpaired) electrons. The highest BCUT2D eigenvalue weighted by molar-refractivity contribution is 5.88. The Morgan fingerprint density at radius 3 is 2.73 bits per heavy atom. The molecule has 4 heteroatoms. The first-order valence-corrected chi connectivity index (χ1v) is 8.24. The molecule has 4 nitrogen and oxygen atoms in total. The number of nitrogens with zero attached hydrogens (tertiary/aromatic N) is 1. The highest BCUT2D eigenvalue weighted by Gasteiger charge is 2.28. The van der Waals surface area contributed by atoms with Crippen LogP contribution in [0.2, 0.25) is 0 Å². The molecule has 1 aliphatic carbocycles. The SMILES string of the molecule is CC(=O)N[C@@H]1CCN(C(=O)/C=C/C2=C(C)CCCC2(C)C)C1. The molecule has 0 bridgehead atoms. The molecule has 2 amide bonds. The van der Waals surface area contributed by atoms with Crippen LogP contribution in [0.3, 0.4) is 0 Å². The van der Waals surface area contributed by atoms with Gasteiger partial charge in [0.15, 0.2) is 0 Å². The fourth-order valence-corrected chi connectivity index (χ4v) is 3.64. The molecule has 1 saturated heterocycles. The van der Waals surface area contributed by atoms with Crippen molar-refractivity contribution >= 4 is 11.8 Å². The summed E-state index contributed by atoms with van der Waals surface area (Å²) in [5.41, 5.74) is 2.87. The van der Waals surface area contributed by atoms with Crippen molar-refractivity contribution in [3.63, 3.8) is 0 Å². The molecule has 1 N–H and O–H groups in total. The number of carbonyl (C=O) groups excluding carboxylic acids is 2. The third-order valence-electron chi connectivity index (χ3n) is 4.84. The Balaban J connectivity index is 1.99. The Morgan fingerprint density at radius 1 is 1.36 bits per heavy atom. The molecule has 1 aliphatic heterocycles. The minimum absolute atomic E-state index is 0.0282. The fraction of sp³-hybridized carbons (Fsp3) is 0.667. The number of allylic oxidation sites excluding steroid dienone is 3. The number of carbonyl (C=O) groups is 2. The van der Waals surface area contributed by atoms with E-state index in [0.717, 1.165) is 19.4 Å². The van der Waals surface area contributed by atoms with Gasteiger partial charge in [-0.15, -0.1) is 0 Å². The molecule has 0 aromatic rings. The smallest absolute Gasteiger partial charge is 0.246 e. The van der Waals surface area contributed by atoms with E-state index in [2.05, 4.69) is 26.1 Å². The summed E-state index contributed by atoms with van der Waals surface area (Å²) in [6.07, 6.45) is 8.10. The number of hydrogen-bond donors (Lipinski definition) is 1. The molecule has 0 aromatic heterocycles. The van der Waals surface area contributed by atoms with Crippen molar-refractivity contribution < 1.29 is 9.59 Å². The van der Waals surface area contributed by atoms with Crippen molar-refractivity contribution in [3.05, 3.63) is 23.3 Å². The highest BCUT2D eigenvalue weighted by atomic mass is 16.2. The summed E-state index contributed by atoms with van der Waals surface area (Å²) in [5.74, 6) is 0.0223. The summed E-state index contributed by atoms with van der Waals surface area (Å²) in [6.45, 7) is 9.53. The average Bonchev–Trinajstić information content (AvgIpc) is 2.84. The van der Waals surface area contributed by atoms with E-state index in [9.17, 15) is 9.59 Å². The number of amides is 2. The highest BCUT2D eigenvalue weighted by Crippen LogP contribution is 2.40. The third-order valence-corrected chi connectivity index (χ3v) is 4.84. The number of nitrogens with one attached hydrogen (secondary N) is 1. The maximum atomic E-state index is 12.3. The van der Waals surface area contributed by atoms with Gasteiger partial charge in [0.25, 0.3) is 0 Å². The Morgan fingerprint density at radius 2 is 2.09 bits per heavy atom. The lowest BCUT2D eigenvalue weighted by Crippen LogP contribution is -2.36. The molecule has 22 heavy (non-hydrogen) atoms. The van der Waals surface area contributed by atoms with Gasteiger partial charge in [-0.2, -0.15) is 0 Å². The van der Waals surface area contributed by atoms with Gasteiger partial charge >= 0.3 is 0 Å². The Hall–Kier alpha value is -1.58. The van der Waals surface area contributed by atoms with Crippen LogP contribution in [0.1, 0.15) is 53.4 Å². The quantitative estimate of drug-likeness (QED) is 0.815. The maximum Gasteiger partial charge on any atom is 0.246 e. The van der Waals surface area contributed by atoms with Crippen LogP contribution in [0.5, 0.6) is 0 Å². The Kier molecular flexibility index (Phi) is 5.09. The first kappa shape index (κ1) is 16.8. The molecule has 1 fully saturated rings. The standard InChI is InChI=1S/C18H28N2O2/c1-13-6-5-10-18(3,4)16(13)7-8-17(22)20-11-9-15(12-20)19-14(2)21/h7-8,15H,5-6,9-12H2,1-4H3,(H,19,21)/b8-7+/t15-/m1/s1. The van der Waals surface area contributed by atoms with Crippen molar-refractivity contribution in [3.8, 4) is 0 Å². The first-order valence-electron chi connectivity index (χ1n) is 8.24. The van der Waals surface area contributed by atoms with Crippen LogP contribution in [-0.2, 0) is 9.59 Å². The van der Waals surface area contributed by atoms with Gasteiger partial charge in [0.05, 0.1) is 0 Å². The molecule has 0 spiro atoms. The topological polar surface area (TPSA) is 49.4 Å². The van der Waals surface area contributed by atoms with Gasteiger partial charge in [-0.25, -0.2) is 0 Å². The van der Waals surface area contributed by atoms with Gasteiger partial charge in [-0.05, 0) is 43.6 Å². The molecule has 1 atom stereocenters. The van der Waals surface area contributed by atoms with E-state index in [4.69, 9.17) is 0 Å². The van der Waals surface area contributed by atoms with Gasteiger partial charge in [0, 0.05) is 32.1 Å². The molecular weight excluding hydrogens is 276 g/mol. The molecule has 0 aromatic carbocycles. The molecule has 2 aliphatic rings. The number of rotatable bonds is 3.